The lowest BCUT2D eigenvalue weighted by molar-refractivity contribution is -0.117. The minimum Gasteiger partial charge on any atom is -0.287 e. The fraction of sp³-hybridized carbons (Fsp3) is 0.118. The standard InChI is InChI=1S/C34H24F2N2O4/c1-17-5-9-23(27(35)13-17)21-7-11-25-29(15-21)37(19(3)39)31(33(25)41)32-34(42)26-12-8-22(16-30(26)38(32)20(4)40)24-10-6-18(2)14-28(24)36/h5-16H,1-4H3/b32-31+. The van der Waals surface area contributed by atoms with Crippen molar-refractivity contribution in [1.29, 1.82) is 0 Å². The number of carbonyl (C=O) groups excluding carboxylic acids is 4. The number of anilines is 2. The van der Waals surface area contributed by atoms with Crippen LogP contribution < -0.4 is 9.80 Å². The first-order valence-corrected chi connectivity index (χ1v) is 13.2. The number of allylic oxidation sites excluding steroid dienone is 2. The monoisotopic (exact) mass is 562 g/mol. The summed E-state index contributed by atoms with van der Waals surface area (Å²) in [7, 11) is 0. The van der Waals surface area contributed by atoms with E-state index in [0.29, 0.717) is 11.1 Å². The molecular formula is C34H24F2N2O4. The molecule has 4 aromatic carbocycles. The lowest BCUT2D eigenvalue weighted by Crippen LogP contribution is -2.34. The van der Waals surface area contributed by atoms with Crippen LogP contribution in [0.3, 0.4) is 0 Å². The zero-order valence-corrected chi connectivity index (χ0v) is 23.2. The Hall–Kier alpha value is -5.24. The van der Waals surface area contributed by atoms with E-state index in [1.807, 2.05) is 0 Å². The molecule has 0 spiro atoms. The van der Waals surface area contributed by atoms with Crippen molar-refractivity contribution in [3.63, 3.8) is 0 Å². The molecule has 6 rings (SSSR count). The summed E-state index contributed by atoms with van der Waals surface area (Å²) < 4.78 is 29.6. The Balaban J connectivity index is 1.53. The van der Waals surface area contributed by atoms with Crippen molar-refractivity contribution in [3.05, 3.63) is 118 Å². The maximum atomic E-state index is 14.8. The molecule has 0 saturated heterocycles. The molecule has 2 amide bonds. The quantitative estimate of drug-likeness (QED) is 0.249. The molecular weight excluding hydrogens is 538 g/mol. The van der Waals surface area contributed by atoms with Crippen LogP contribution in [-0.2, 0) is 9.59 Å². The zero-order chi connectivity index (χ0) is 30.0. The molecule has 42 heavy (non-hydrogen) atoms. The van der Waals surface area contributed by atoms with Crippen molar-refractivity contribution in [1.82, 2.24) is 0 Å². The smallest absolute Gasteiger partial charge is 0.228 e. The van der Waals surface area contributed by atoms with Gasteiger partial charge < -0.3 is 0 Å². The van der Waals surface area contributed by atoms with E-state index in [1.165, 1.54) is 50.2 Å². The van der Waals surface area contributed by atoms with Crippen molar-refractivity contribution < 1.29 is 28.0 Å². The Kier molecular flexibility index (Phi) is 6.22. The molecule has 0 radical (unpaired) electrons. The van der Waals surface area contributed by atoms with E-state index >= 15 is 0 Å². The van der Waals surface area contributed by atoms with Gasteiger partial charge in [0.1, 0.15) is 23.0 Å². The third kappa shape index (κ3) is 4.06. The van der Waals surface area contributed by atoms with Gasteiger partial charge in [0.2, 0.25) is 23.4 Å². The summed E-state index contributed by atoms with van der Waals surface area (Å²) in [5, 5.41) is 0. The van der Waals surface area contributed by atoms with Gasteiger partial charge in [0, 0.05) is 36.1 Å². The minimum atomic E-state index is -0.622. The summed E-state index contributed by atoms with van der Waals surface area (Å²) in [6, 6.07) is 18.7. The molecule has 2 heterocycles. The van der Waals surface area contributed by atoms with Crippen LogP contribution in [0.2, 0.25) is 0 Å². The van der Waals surface area contributed by atoms with Crippen LogP contribution in [0, 0.1) is 25.5 Å². The number of hydrogen-bond acceptors (Lipinski definition) is 4. The first kappa shape index (κ1) is 27.0. The SMILES string of the molecule is CC(=O)N1/C(=C2\C(=O)c3ccc(-c4ccc(C)cc4F)cc3N2C(C)=O)C(=O)c2ccc(-c3ccc(C)cc3F)cc21. The Bertz CT molecular complexity index is 1800. The Morgan fingerprint density at radius 2 is 0.905 bits per heavy atom. The summed E-state index contributed by atoms with van der Waals surface area (Å²) in [6.45, 7) is 6.01. The number of nitrogens with zero attached hydrogens (tertiary/aromatic N) is 2. The fourth-order valence-corrected chi connectivity index (χ4v) is 5.64. The average Bonchev–Trinajstić information content (AvgIpc) is 3.38. The lowest BCUT2D eigenvalue weighted by atomic mass is 9.99. The normalized spacial score (nSPS) is 15.8. The van der Waals surface area contributed by atoms with Gasteiger partial charge in [-0.15, -0.1) is 0 Å². The predicted molar refractivity (Wildman–Crippen MR) is 155 cm³/mol. The summed E-state index contributed by atoms with van der Waals surface area (Å²) >= 11 is 0. The van der Waals surface area contributed by atoms with Gasteiger partial charge >= 0.3 is 0 Å². The van der Waals surface area contributed by atoms with E-state index in [4.69, 9.17) is 0 Å². The highest BCUT2D eigenvalue weighted by atomic mass is 19.1. The highest BCUT2D eigenvalue weighted by Crippen LogP contribution is 2.45. The first-order valence-electron chi connectivity index (χ1n) is 13.2. The molecule has 0 N–H and O–H groups in total. The van der Waals surface area contributed by atoms with Gasteiger partial charge in [-0.25, -0.2) is 8.78 Å². The second kappa shape index (κ2) is 9.69. The summed E-state index contributed by atoms with van der Waals surface area (Å²) in [6.07, 6.45) is 0. The number of benzene rings is 4. The van der Waals surface area contributed by atoms with Crippen molar-refractivity contribution in [2.75, 3.05) is 9.80 Å². The van der Waals surface area contributed by atoms with Crippen molar-refractivity contribution in [3.8, 4) is 22.3 Å². The molecule has 2 aliphatic rings. The molecule has 0 aromatic heterocycles. The average molecular weight is 563 g/mol. The van der Waals surface area contributed by atoms with E-state index < -0.39 is 35.0 Å². The van der Waals surface area contributed by atoms with Crippen LogP contribution in [-0.4, -0.2) is 23.4 Å². The van der Waals surface area contributed by atoms with E-state index in [1.54, 1.807) is 50.2 Å². The van der Waals surface area contributed by atoms with Gasteiger partial charge in [0.15, 0.2) is 0 Å². The molecule has 208 valence electrons. The molecule has 0 unspecified atom stereocenters. The molecule has 6 nitrogen and oxygen atoms in total. The first-order chi connectivity index (χ1) is 20.0. The number of halogens is 2. The molecule has 0 fully saturated rings. The van der Waals surface area contributed by atoms with Gasteiger partial charge in [-0.05, 0) is 72.5 Å². The second-order valence-electron chi connectivity index (χ2n) is 10.5. The largest absolute Gasteiger partial charge is 0.287 e. The Morgan fingerprint density at radius 1 is 0.548 bits per heavy atom. The van der Waals surface area contributed by atoms with Crippen molar-refractivity contribution in [2.45, 2.75) is 27.7 Å². The highest BCUT2D eigenvalue weighted by molar-refractivity contribution is 6.34. The van der Waals surface area contributed by atoms with Gasteiger partial charge in [0.25, 0.3) is 0 Å². The van der Waals surface area contributed by atoms with Crippen molar-refractivity contribution >= 4 is 34.8 Å². The van der Waals surface area contributed by atoms with E-state index in [2.05, 4.69) is 0 Å². The number of fused-ring (bicyclic) bond motifs is 2. The summed E-state index contributed by atoms with van der Waals surface area (Å²) in [5.74, 6) is -3.30. The van der Waals surface area contributed by atoms with Crippen LogP contribution in [0.15, 0.2) is 84.2 Å². The van der Waals surface area contributed by atoms with Gasteiger partial charge in [-0.2, -0.15) is 0 Å². The predicted octanol–water partition coefficient (Wildman–Crippen LogP) is 6.93. The molecule has 0 saturated carbocycles. The third-order valence-electron chi connectivity index (χ3n) is 7.57. The molecule has 0 aliphatic carbocycles. The molecule has 0 bridgehead atoms. The number of ketones is 2. The van der Waals surface area contributed by atoms with E-state index in [0.717, 1.165) is 20.9 Å². The molecule has 0 atom stereocenters. The Morgan fingerprint density at radius 3 is 1.24 bits per heavy atom. The number of carbonyl (C=O) groups is 4. The molecule has 2 aliphatic heterocycles. The van der Waals surface area contributed by atoms with E-state index in [-0.39, 0.29) is 45.0 Å². The van der Waals surface area contributed by atoms with Crippen LogP contribution in [0.1, 0.15) is 45.7 Å². The Labute approximate surface area is 240 Å². The van der Waals surface area contributed by atoms with Crippen LogP contribution >= 0.6 is 0 Å². The summed E-state index contributed by atoms with van der Waals surface area (Å²) in [4.78, 5) is 55.9. The second-order valence-corrected chi connectivity index (χ2v) is 10.5. The van der Waals surface area contributed by atoms with Gasteiger partial charge in [-0.3, -0.25) is 29.0 Å². The number of Topliss-reactive ketones (excluding diaryl/α,β-unsaturated/α-hetero) is 2. The van der Waals surface area contributed by atoms with Gasteiger partial charge in [0.05, 0.1) is 11.4 Å². The fourth-order valence-electron chi connectivity index (χ4n) is 5.64. The lowest BCUT2D eigenvalue weighted by Gasteiger charge is -2.23. The minimum absolute atomic E-state index is 0.138. The maximum Gasteiger partial charge on any atom is 0.228 e. The maximum absolute atomic E-state index is 14.8. The van der Waals surface area contributed by atoms with E-state index in [9.17, 15) is 28.0 Å². The molecule has 4 aromatic rings. The van der Waals surface area contributed by atoms with Crippen LogP contribution in [0.5, 0.6) is 0 Å². The topological polar surface area (TPSA) is 74.8 Å². The third-order valence-corrected chi connectivity index (χ3v) is 7.57. The van der Waals surface area contributed by atoms with Crippen molar-refractivity contribution in [2.24, 2.45) is 0 Å². The molecule has 8 heteroatoms. The number of rotatable bonds is 2. The number of amides is 2. The number of hydrogen-bond donors (Lipinski definition) is 0. The van der Waals surface area contributed by atoms with Gasteiger partial charge in [-0.1, -0.05) is 36.4 Å². The number of aryl methyl sites for hydroxylation is 2. The summed E-state index contributed by atoms with van der Waals surface area (Å²) in [5.41, 5.74) is 3.02. The zero-order valence-electron chi connectivity index (χ0n) is 23.2. The highest BCUT2D eigenvalue weighted by Gasteiger charge is 2.45. The van der Waals surface area contributed by atoms with Crippen LogP contribution in [0.25, 0.3) is 22.3 Å². The van der Waals surface area contributed by atoms with Crippen LogP contribution in [0.4, 0.5) is 20.2 Å².